The summed E-state index contributed by atoms with van der Waals surface area (Å²) < 4.78 is 11.0. The van der Waals surface area contributed by atoms with E-state index in [9.17, 15) is 14.7 Å². The van der Waals surface area contributed by atoms with Crippen molar-refractivity contribution in [3.63, 3.8) is 0 Å². The zero-order chi connectivity index (χ0) is 17.6. The molecule has 0 aliphatic rings. The van der Waals surface area contributed by atoms with Crippen LogP contribution in [0.1, 0.15) is 37.0 Å². The van der Waals surface area contributed by atoms with E-state index in [1.165, 1.54) is 14.2 Å². The summed E-state index contributed by atoms with van der Waals surface area (Å²) >= 11 is 3.34. The van der Waals surface area contributed by atoms with Crippen molar-refractivity contribution in [3.8, 4) is 11.5 Å². The third-order valence-corrected chi connectivity index (χ3v) is 4.88. The molecule has 0 bridgehead atoms. The first kappa shape index (κ1) is 19.3. The van der Waals surface area contributed by atoms with Gasteiger partial charge in [0.2, 0.25) is 0 Å². The Hall–Kier alpha value is -1.76. The van der Waals surface area contributed by atoms with E-state index < -0.39 is 11.4 Å². The number of halogens is 1. The summed E-state index contributed by atoms with van der Waals surface area (Å²) in [5, 5.41) is 12.1. The van der Waals surface area contributed by atoms with Gasteiger partial charge in [-0.05, 0) is 40.9 Å². The molecule has 0 saturated carbocycles. The number of carboxylic acid groups (broad SMARTS) is 1. The highest BCUT2D eigenvalue weighted by Crippen LogP contribution is 2.35. The van der Waals surface area contributed by atoms with Crippen molar-refractivity contribution in [2.24, 2.45) is 5.41 Å². The van der Waals surface area contributed by atoms with E-state index >= 15 is 0 Å². The molecular formula is C16H22BrNO5. The van der Waals surface area contributed by atoms with Gasteiger partial charge in [-0.3, -0.25) is 9.59 Å². The standard InChI is InChI=1S/C16H22BrNO5/c1-5-16(6-2,15(20)21)9-18-14(19)10-7-11(22-3)13(17)12(8-10)23-4/h7-8H,5-6,9H2,1-4H3,(H,18,19)(H,20,21). The topological polar surface area (TPSA) is 84.9 Å². The minimum absolute atomic E-state index is 0.0643. The van der Waals surface area contributed by atoms with Crippen molar-refractivity contribution in [3.05, 3.63) is 22.2 Å². The molecule has 0 heterocycles. The van der Waals surface area contributed by atoms with Gasteiger partial charge in [0, 0.05) is 12.1 Å². The summed E-state index contributed by atoms with van der Waals surface area (Å²) in [6, 6.07) is 3.14. The van der Waals surface area contributed by atoms with Crippen molar-refractivity contribution in [1.29, 1.82) is 0 Å². The van der Waals surface area contributed by atoms with Crippen LogP contribution in [0.15, 0.2) is 16.6 Å². The normalized spacial score (nSPS) is 11.0. The second-order valence-corrected chi connectivity index (χ2v) is 5.96. The number of ether oxygens (including phenoxy) is 2. The molecule has 1 aromatic carbocycles. The maximum Gasteiger partial charge on any atom is 0.311 e. The Labute approximate surface area is 144 Å². The van der Waals surface area contributed by atoms with Crippen molar-refractivity contribution in [1.82, 2.24) is 5.32 Å². The highest BCUT2D eigenvalue weighted by molar-refractivity contribution is 9.10. The average Bonchev–Trinajstić information content (AvgIpc) is 2.55. The molecule has 0 aliphatic carbocycles. The van der Waals surface area contributed by atoms with Crippen LogP contribution in [0.3, 0.4) is 0 Å². The summed E-state index contributed by atoms with van der Waals surface area (Å²) in [6.07, 6.45) is 0.873. The zero-order valence-corrected chi connectivity index (χ0v) is 15.3. The lowest BCUT2D eigenvalue weighted by molar-refractivity contribution is -0.149. The number of carbonyl (C=O) groups excluding carboxylic acids is 1. The minimum atomic E-state index is -0.959. The molecule has 0 aromatic heterocycles. The minimum Gasteiger partial charge on any atom is -0.495 e. The summed E-state index contributed by atoms with van der Waals surface area (Å²) in [5.41, 5.74) is -0.618. The van der Waals surface area contributed by atoms with E-state index in [0.717, 1.165) is 0 Å². The van der Waals surface area contributed by atoms with Crippen LogP contribution in [0.2, 0.25) is 0 Å². The molecule has 0 unspecified atom stereocenters. The van der Waals surface area contributed by atoms with Gasteiger partial charge in [0.15, 0.2) is 0 Å². The maximum absolute atomic E-state index is 12.4. The van der Waals surface area contributed by atoms with Crippen LogP contribution >= 0.6 is 15.9 Å². The fourth-order valence-electron chi connectivity index (χ4n) is 2.23. The first-order chi connectivity index (χ1) is 10.8. The van der Waals surface area contributed by atoms with E-state index in [4.69, 9.17) is 9.47 Å². The Morgan fingerprint density at radius 1 is 1.17 bits per heavy atom. The number of methoxy groups -OCH3 is 2. The second-order valence-electron chi connectivity index (χ2n) is 5.17. The van der Waals surface area contributed by atoms with Crippen LogP contribution in [0.25, 0.3) is 0 Å². The molecule has 0 aliphatic heterocycles. The Balaban J connectivity index is 3.00. The number of rotatable bonds is 8. The van der Waals surface area contributed by atoms with Crippen molar-refractivity contribution in [2.75, 3.05) is 20.8 Å². The summed E-state index contributed by atoms with van der Waals surface area (Å²) in [7, 11) is 2.98. The van der Waals surface area contributed by atoms with Gasteiger partial charge < -0.3 is 19.9 Å². The molecule has 0 atom stereocenters. The van der Waals surface area contributed by atoms with E-state index in [0.29, 0.717) is 34.4 Å². The van der Waals surface area contributed by atoms with Gasteiger partial charge in [-0.15, -0.1) is 0 Å². The first-order valence-corrected chi connectivity index (χ1v) is 8.07. The summed E-state index contributed by atoms with van der Waals surface area (Å²) in [6.45, 7) is 3.67. The lowest BCUT2D eigenvalue weighted by Crippen LogP contribution is -2.42. The van der Waals surface area contributed by atoms with Gasteiger partial charge in [-0.25, -0.2) is 0 Å². The summed E-state index contributed by atoms with van der Waals surface area (Å²) in [5.74, 6) is -0.356. The fourth-order valence-corrected chi connectivity index (χ4v) is 2.78. The summed E-state index contributed by atoms with van der Waals surface area (Å²) in [4.78, 5) is 23.8. The number of aliphatic carboxylic acids is 1. The molecule has 0 spiro atoms. The van der Waals surface area contributed by atoms with Crippen LogP contribution < -0.4 is 14.8 Å². The van der Waals surface area contributed by atoms with Crippen LogP contribution in [0.5, 0.6) is 11.5 Å². The molecule has 2 N–H and O–H groups in total. The van der Waals surface area contributed by atoms with Crippen molar-refractivity contribution < 1.29 is 24.2 Å². The predicted molar refractivity (Wildman–Crippen MR) is 90.2 cm³/mol. The third kappa shape index (κ3) is 4.16. The van der Waals surface area contributed by atoms with Gasteiger partial charge in [-0.1, -0.05) is 13.8 Å². The molecular weight excluding hydrogens is 366 g/mol. The van der Waals surface area contributed by atoms with Crippen molar-refractivity contribution in [2.45, 2.75) is 26.7 Å². The Kier molecular flexibility index (Phi) is 6.87. The third-order valence-electron chi connectivity index (χ3n) is 4.10. The van der Waals surface area contributed by atoms with Gasteiger partial charge in [-0.2, -0.15) is 0 Å². The van der Waals surface area contributed by atoms with E-state index in [-0.39, 0.29) is 12.5 Å². The second kappa shape index (κ2) is 8.19. The molecule has 0 saturated heterocycles. The van der Waals surface area contributed by atoms with Crippen LogP contribution in [-0.4, -0.2) is 37.7 Å². The predicted octanol–water partition coefficient (Wildman–Crippen LogP) is 3.09. The zero-order valence-electron chi connectivity index (χ0n) is 13.7. The van der Waals surface area contributed by atoms with Gasteiger partial charge in [0.1, 0.15) is 16.0 Å². The number of carboxylic acids is 1. The van der Waals surface area contributed by atoms with Gasteiger partial charge in [0.05, 0.1) is 19.6 Å². The quantitative estimate of drug-likeness (QED) is 0.715. The number of amides is 1. The van der Waals surface area contributed by atoms with Crippen LogP contribution in [0.4, 0.5) is 0 Å². The molecule has 1 amide bonds. The van der Waals surface area contributed by atoms with E-state index in [2.05, 4.69) is 21.2 Å². The molecule has 1 aromatic rings. The fraction of sp³-hybridized carbons (Fsp3) is 0.500. The van der Waals surface area contributed by atoms with Crippen molar-refractivity contribution >= 4 is 27.8 Å². The first-order valence-electron chi connectivity index (χ1n) is 7.28. The van der Waals surface area contributed by atoms with Crippen LogP contribution in [-0.2, 0) is 4.79 Å². The molecule has 0 radical (unpaired) electrons. The number of nitrogens with one attached hydrogen (secondary N) is 1. The van der Waals surface area contributed by atoms with E-state index in [1.54, 1.807) is 26.0 Å². The average molecular weight is 388 g/mol. The number of hydrogen-bond acceptors (Lipinski definition) is 4. The SMILES string of the molecule is CCC(CC)(CNC(=O)c1cc(OC)c(Br)c(OC)c1)C(=O)O. The number of benzene rings is 1. The molecule has 0 fully saturated rings. The molecule has 23 heavy (non-hydrogen) atoms. The number of hydrogen-bond donors (Lipinski definition) is 2. The molecule has 128 valence electrons. The lowest BCUT2D eigenvalue weighted by atomic mass is 9.82. The largest absolute Gasteiger partial charge is 0.495 e. The lowest BCUT2D eigenvalue weighted by Gasteiger charge is -2.26. The van der Waals surface area contributed by atoms with Gasteiger partial charge in [0.25, 0.3) is 5.91 Å². The molecule has 1 rings (SSSR count). The Bertz CT molecular complexity index is 559. The highest BCUT2D eigenvalue weighted by atomic mass is 79.9. The Morgan fingerprint density at radius 3 is 2.00 bits per heavy atom. The maximum atomic E-state index is 12.4. The van der Waals surface area contributed by atoms with E-state index in [1.807, 2.05) is 0 Å². The van der Waals surface area contributed by atoms with Crippen LogP contribution in [0, 0.1) is 5.41 Å². The molecule has 7 heteroatoms. The van der Waals surface area contributed by atoms with Gasteiger partial charge >= 0.3 is 5.97 Å². The smallest absolute Gasteiger partial charge is 0.311 e. The number of carbonyl (C=O) groups is 2. The highest BCUT2D eigenvalue weighted by Gasteiger charge is 2.35. The molecule has 6 nitrogen and oxygen atoms in total. The Morgan fingerprint density at radius 2 is 1.65 bits per heavy atom. The monoisotopic (exact) mass is 387 g/mol.